The number of nitrogens with one attached hydrogen (secondary N) is 1. The van der Waals surface area contributed by atoms with Gasteiger partial charge in [-0.2, -0.15) is 0 Å². The summed E-state index contributed by atoms with van der Waals surface area (Å²) >= 11 is 1.50. The molecule has 0 saturated carbocycles. The molecule has 0 radical (unpaired) electrons. The zero-order valence-electron chi connectivity index (χ0n) is 15.6. The maximum absolute atomic E-state index is 12.3. The lowest BCUT2D eigenvalue weighted by atomic mass is 10.1. The number of amides is 1. The molecule has 0 bridgehead atoms. The number of hydrogen-bond acceptors (Lipinski definition) is 6. The summed E-state index contributed by atoms with van der Waals surface area (Å²) in [7, 11) is 6.10. The van der Waals surface area contributed by atoms with E-state index in [9.17, 15) is 4.79 Å². The Morgan fingerprint density at radius 1 is 1.31 bits per heavy atom. The third-order valence-corrected chi connectivity index (χ3v) is 5.15. The molecule has 7 heteroatoms. The molecule has 0 spiro atoms. The molecule has 1 aromatic carbocycles. The van der Waals surface area contributed by atoms with Crippen LogP contribution >= 0.6 is 11.3 Å². The quantitative estimate of drug-likeness (QED) is 0.842. The highest BCUT2D eigenvalue weighted by atomic mass is 32.1. The predicted octanol–water partition coefficient (Wildman–Crippen LogP) is 2.93. The average molecular weight is 375 g/mol. The van der Waals surface area contributed by atoms with E-state index in [4.69, 9.17) is 4.74 Å². The fraction of sp³-hybridized carbons (Fsp3) is 0.474. The van der Waals surface area contributed by atoms with Gasteiger partial charge in [0.2, 0.25) is 0 Å². The smallest absolute Gasteiger partial charge is 0.275 e. The number of likely N-dealkylation sites (tertiary alicyclic amines) is 1. The lowest BCUT2D eigenvalue weighted by molar-refractivity contribution is 0.102. The van der Waals surface area contributed by atoms with Crippen LogP contribution < -0.4 is 10.1 Å². The van der Waals surface area contributed by atoms with Crippen molar-refractivity contribution in [2.45, 2.75) is 25.5 Å². The molecule has 3 rings (SSSR count). The molecule has 1 aliphatic rings. The van der Waals surface area contributed by atoms with Gasteiger partial charge < -0.3 is 19.9 Å². The monoisotopic (exact) mass is 374 g/mol. The van der Waals surface area contributed by atoms with Gasteiger partial charge in [0.25, 0.3) is 5.91 Å². The second-order valence-corrected chi connectivity index (χ2v) is 7.91. The third kappa shape index (κ3) is 5.27. The minimum absolute atomic E-state index is 0.185. The number of aromatic nitrogens is 1. The number of nitrogens with zero attached hydrogens (tertiary/aromatic N) is 3. The van der Waals surface area contributed by atoms with Crippen LogP contribution in [-0.2, 0) is 6.54 Å². The molecule has 1 N–H and O–H groups in total. The largest absolute Gasteiger partial charge is 0.490 e. The first-order valence-corrected chi connectivity index (χ1v) is 9.73. The summed E-state index contributed by atoms with van der Waals surface area (Å²) in [5.74, 6) is 0.662. The molecule has 2 aromatic rings. The second kappa shape index (κ2) is 8.62. The normalized spacial score (nSPS) is 16.0. The molecule has 0 aliphatic carbocycles. The molecule has 1 amide bonds. The third-order valence-electron chi connectivity index (χ3n) is 4.32. The average Bonchev–Trinajstić information content (AvgIpc) is 3.06. The lowest BCUT2D eigenvalue weighted by Gasteiger charge is -2.29. The molecule has 1 aliphatic heterocycles. The Labute approximate surface area is 158 Å². The van der Waals surface area contributed by atoms with Gasteiger partial charge in [0.15, 0.2) is 0 Å². The van der Waals surface area contributed by atoms with Crippen molar-refractivity contribution in [3.63, 3.8) is 0 Å². The molecular weight excluding hydrogens is 348 g/mol. The standard InChI is InChI=1S/C19H26N4O2S/c1-22(2)12-18-21-17(13-26-18)19(24)20-14-4-6-15(7-5-14)25-16-8-10-23(3)11-9-16/h4-7,13,16H,8-12H2,1-3H3,(H,20,24). The Morgan fingerprint density at radius 3 is 2.65 bits per heavy atom. The van der Waals surface area contributed by atoms with Crippen LogP contribution in [-0.4, -0.2) is 61.0 Å². The van der Waals surface area contributed by atoms with Crippen molar-refractivity contribution in [1.82, 2.24) is 14.8 Å². The van der Waals surface area contributed by atoms with Gasteiger partial charge in [-0.3, -0.25) is 4.79 Å². The number of hydrogen-bond donors (Lipinski definition) is 1. The van der Waals surface area contributed by atoms with Crippen molar-refractivity contribution in [3.8, 4) is 5.75 Å². The summed E-state index contributed by atoms with van der Waals surface area (Å²) < 4.78 is 6.03. The van der Waals surface area contributed by atoms with E-state index >= 15 is 0 Å². The Bertz CT molecular complexity index is 721. The molecule has 6 nitrogen and oxygen atoms in total. The highest BCUT2D eigenvalue weighted by molar-refractivity contribution is 7.09. The first-order chi connectivity index (χ1) is 12.5. The van der Waals surface area contributed by atoms with Crippen LogP contribution in [0.3, 0.4) is 0 Å². The van der Waals surface area contributed by atoms with Crippen LogP contribution in [0, 0.1) is 0 Å². The van der Waals surface area contributed by atoms with E-state index in [1.54, 1.807) is 5.38 Å². The summed E-state index contributed by atoms with van der Waals surface area (Å²) in [6.45, 7) is 2.88. The van der Waals surface area contributed by atoms with Gasteiger partial charge in [-0.15, -0.1) is 11.3 Å². The number of anilines is 1. The van der Waals surface area contributed by atoms with E-state index < -0.39 is 0 Å². The Hall–Kier alpha value is -1.96. The van der Waals surface area contributed by atoms with Crippen LogP contribution in [0.2, 0.25) is 0 Å². The molecule has 1 fully saturated rings. The van der Waals surface area contributed by atoms with Crippen molar-refractivity contribution in [2.75, 3.05) is 39.5 Å². The van der Waals surface area contributed by atoms with E-state index in [0.29, 0.717) is 5.69 Å². The molecule has 0 unspecified atom stereocenters. The van der Waals surface area contributed by atoms with Gasteiger partial charge in [-0.05, 0) is 58.3 Å². The van der Waals surface area contributed by atoms with Crippen LogP contribution in [0.25, 0.3) is 0 Å². The molecule has 140 valence electrons. The van der Waals surface area contributed by atoms with Crippen molar-refractivity contribution < 1.29 is 9.53 Å². The highest BCUT2D eigenvalue weighted by Crippen LogP contribution is 2.21. The van der Waals surface area contributed by atoms with E-state index in [0.717, 1.165) is 48.9 Å². The zero-order valence-corrected chi connectivity index (χ0v) is 16.4. The van der Waals surface area contributed by atoms with Crippen LogP contribution in [0.15, 0.2) is 29.6 Å². The maximum Gasteiger partial charge on any atom is 0.275 e. The number of benzene rings is 1. The second-order valence-electron chi connectivity index (χ2n) is 6.96. The van der Waals surface area contributed by atoms with E-state index in [-0.39, 0.29) is 12.0 Å². The molecule has 2 heterocycles. The minimum atomic E-state index is -0.185. The number of piperidine rings is 1. The first kappa shape index (κ1) is 18.8. The van der Waals surface area contributed by atoms with E-state index in [1.807, 2.05) is 43.3 Å². The Balaban J connectivity index is 1.53. The van der Waals surface area contributed by atoms with Gasteiger partial charge in [0.1, 0.15) is 22.6 Å². The summed E-state index contributed by atoms with van der Waals surface area (Å²) in [6, 6.07) is 7.56. The highest BCUT2D eigenvalue weighted by Gasteiger charge is 2.18. The molecule has 0 atom stereocenters. The van der Waals surface area contributed by atoms with Crippen molar-refractivity contribution >= 4 is 22.9 Å². The summed E-state index contributed by atoms with van der Waals surface area (Å²) in [5, 5.41) is 5.62. The van der Waals surface area contributed by atoms with Gasteiger partial charge in [0, 0.05) is 30.7 Å². The fourth-order valence-corrected chi connectivity index (χ4v) is 3.76. The first-order valence-electron chi connectivity index (χ1n) is 8.85. The number of carbonyl (C=O) groups is 1. The van der Waals surface area contributed by atoms with Crippen molar-refractivity contribution in [1.29, 1.82) is 0 Å². The Morgan fingerprint density at radius 2 is 2.00 bits per heavy atom. The summed E-state index contributed by atoms with van der Waals surface area (Å²) in [4.78, 5) is 21.1. The topological polar surface area (TPSA) is 57.7 Å². The number of rotatable bonds is 6. The van der Waals surface area contributed by atoms with Crippen LogP contribution in [0.4, 0.5) is 5.69 Å². The SMILES string of the molecule is CN(C)Cc1nc(C(=O)Nc2ccc(OC3CCN(C)CC3)cc2)cs1. The van der Waals surface area contributed by atoms with E-state index in [2.05, 4.69) is 22.2 Å². The predicted molar refractivity (Wildman–Crippen MR) is 105 cm³/mol. The van der Waals surface area contributed by atoms with Gasteiger partial charge in [-0.1, -0.05) is 0 Å². The lowest BCUT2D eigenvalue weighted by Crippen LogP contribution is -2.35. The molecule has 26 heavy (non-hydrogen) atoms. The summed E-state index contributed by atoms with van der Waals surface area (Å²) in [6.07, 6.45) is 2.37. The van der Waals surface area contributed by atoms with Gasteiger partial charge in [0.05, 0.1) is 0 Å². The fourth-order valence-electron chi connectivity index (χ4n) is 2.87. The van der Waals surface area contributed by atoms with Gasteiger partial charge in [-0.25, -0.2) is 4.98 Å². The van der Waals surface area contributed by atoms with Crippen LogP contribution in [0.5, 0.6) is 5.75 Å². The van der Waals surface area contributed by atoms with Crippen molar-refractivity contribution in [2.24, 2.45) is 0 Å². The minimum Gasteiger partial charge on any atom is -0.490 e. The zero-order chi connectivity index (χ0) is 18.5. The van der Waals surface area contributed by atoms with Crippen molar-refractivity contribution in [3.05, 3.63) is 40.3 Å². The van der Waals surface area contributed by atoms with Crippen LogP contribution in [0.1, 0.15) is 28.3 Å². The van der Waals surface area contributed by atoms with E-state index in [1.165, 1.54) is 11.3 Å². The number of ether oxygens (including phenoxy) is 1. The Kier molecular flexibility index (Phi) is 6.24. The maximum atomic E-state index is 12.3. The number of thiazole rings is 1. The molecule has 1 saturated heterocycles. The molecular formula is C19H26N4O2S. The van der Waals surface area contributed by atoms with Gasteiger partial charge >= 0.3 is 0 Å². The summed E-state index contributed by atoms with van der Waals surface area (Å²) in [5.41, 5.74) is 1.20. The number of carbonyl (C=O) groups excluding carboxylic acids is 1. The molecule has 1 aromatic heterocycles.